The minimum absolute atomic E-state index is 0.0136. The number of carbonyl (C=O) groups is 3. The summed E-state index contributed by atoms with van der Waals surface area (Å²) in [7, 11) is 0. The number of carboxylic acids is 1. The maximum absolute atomic E-state index is 12.3. The molecule has 1 saturated heterocycles. The molecule has 2 aliphatic rings. The Morgan fingerprint density at radius 2 is 1.89 bits per heavy atom. The van der Waals surface area contributed by atoms with Gasteiger partial charge in [0, 0.05) is 6.04 Å². The Kier molecular flexibility index (Phi) is 3.62. The fourth-order valence-electron chi connectivity index (χ4n) is 2.81. The van der Waals surface area contributed by atoms with Crippen LogP contribution in [0.4, 0.5) is 0 Å². The predicted molar refractivity (Wildman–Crippen MR) is 67.4 cm³/mol. The number of carbonyl (C=O) groups excluding carboxylic acids is 2. The molecule has 0 aromatic heterocycles. The zero-order valence-electron chi connectivity index (χ0n) is 11.3. The van der Waals surface area contributed by atoms with Gasteiger partial charge in [-0.25, -0.2) is 0 Å². The standard InChI is InChI=1S/C13H20N2O4/c1-13(2,12(18)19)14-9-7-10(16)15(11(9)17)8-5-3-4-6-8/h8-9,14H,3-7H2,1-2H3,(H,18,19). The van der Waals surface area contributed by atoms with Crippen LogP contribution in [0.5, 0.6) is 0 Å². The van der Waals surface area contributed by atoms with Crippen LogP contribution in [0.15, 0.2) is 0 Å². The molecule has 2 N–H and O–H groups in total. The van der Waals surface area contributed by atoms with Crippen LogP contribution in [0.3, 0.4) is 0 Å². The SMILES string of the molecule is CC(C)(NC1CC(=O)N(C2CCCC2)C1=O)C(=O)O. The van der Waals surface area contributed by atoms with Crippen LogP contribution in [0, 0.1) is 0 Å². The Morgan fingerprint density at radius 3 is 2.42 bits per heavy atom. The minimum Gasteiger partial charge on any atom is -0.480 e. The van der Waals surface area contributed by atoms with Gasteiger partial charge in [-0.2, -0.15) is 0 Å². The molecule has 0 radical (unpaired) electrons. The van der Waals surface area contributed by atoms with Gasteiger partial charge in [0.15, 0.2) is 0 Å². The molecular weight excluding hydrogens is 248 g/mol. The molecular formula is C13H20N2O4. The number of nitrogens with one attached hydrogen (secondary N) is 1. The number of imide groups is 1. The smallest absolute Gasteiger partial charge is 0.323 e. The molecule has 2 rings (SSSR count). The average molecular weight is 268 g/mol. The first-order chi connectivity index (χ1) is 8.83. The van der Waals surface area contributed by atoms with Crippen molar-refractivity contribution in [1.29, 1.82) is 0 Å². The van der Waals surface area contributed by atoms with Crippen molar-refractivity contribution in [1.82, 2.24) is 10.2 Å². The monoisotopic (exact) mass is 268 g/mol. The second kappa shape index (κ2) is 4.92. The third-order valence-corrected chi connectivity index (χ3v) is 3.94. The van der Waals surface area contributed by atoms with Crippen molar-refractivity contribution >= 4 is 17.8 Å². The van der Waals surface area contributed by atoms with Crippen molar-refractivity contribution < 1.29 is 19.5 Å². The lowest BCUT2D eigenvalue weighted by Gasteiger charge is -2.26. The van der Waals surface area contributed by atoms with Gasteiger partial charge < -0.3 is 5.11 Å². The number of amides is 2. The fraction of sp³-hybridized carbons (Fsp3) is 0.769. The van der Waals surface area contributed by atoms with E-state index in [2.05, 4.69) is 5.32 Å². The van der Waals surface area contributed by atoms with E-state index in [0.29, 0.717) is 0 Å². The molecule has 6 nitrogen and oxygen atoms in total. The molecule has 1 saturated carbocycles. The van der Waals surface area contributed by atoms with Gasteiger partial charge in [0.2, 0.25) is 11.8 Å². The topological polar surface area (TPSA) is 86.7 Å². The van der Waals surface area contributed by atoms with Crippen molar-refractivity contribution in [3.8, 4) is 0 Å². The highest BCUT2D eigenvalue weighted by Crippen LogP contribution is 2.28. The summed E-state index contributed by atoms with van der Waals surface area (Å²) in [5, 5.41) is 11.8. The molecule has 2 fully saturated rings. The van der Waals surface area contributed by atoms with E-state index in [0.717, 1.165) is 25.7 Å². The quantitative estimate of drug-likeness (QED) is 0.725. The van der Waals surface area contributed by atoms with E-state index in [1.807, 2.05) is 0 Å². The molecule has 1 unspecified atom stereocenters. The van der Waals surface area contributed by atoms with Crippen LogP contribution in [0.25, 0.3) is 0 Å². The van der Waals surface area contributed by atoms with E-state index in [4.69, 9.17) is 5.11 Å². The van der Waals surface area contributed by atoms with Crippen LogP contribution in [-0.4, -0.2) is 45.4 Å². The van der Waals surface area contributed by atoms with E-state index in [9.17, 15) is 14.4 Å². The number of nitrogens with zero attached hydrogens (tertiary/aromatic N) is 1. The van der Waals surface area contributed by atoms with Crippen LogP contribution in [-0.2, 0) is 14.4 Å². The van der Waals surface area contributed by atoms with E-state index < -0.39 is 17.6 Å². The minimum atomic E-state index is -1.22. The number of likely N-dealkylation sites (tertiary alicyclic amines) is 1. The van der Waals surface area contributed by atoms with Gasteiger partial charge in [0.25, 0.3) is 0 Å². The molecule has 1 aliphatic carbocycles. The van der Waals surface area contributed by atoms with Crippen LogP contribution in [0.2, 0.25) is 0 Å². The largest absolute Gasteiger partial charge is 0.480 e. The van der Waals surface area contributed by atoms with Gasteiger partial charge >= 0.3 is 5.97 Å². The Hall–Kier alpha value is -1.43. The van der Waals surface area contributed by atoms with Crippen molar-refractivity contribution in [3.63, 3.8) is 0 Å². The maximum atomic E-state index is 12.3. The number of aliphatic carboxylic acids is 1. The lowest BCUT2D eigenvalue weighted by Crippen LogP contribution is -2.54. The molecule has 1 atom stereocenters. The van der Waals surface area contributed by atoms with Crippen molar-refractivity contribution in [2.24, 2.45) is 0 Å². The summed E-state index contributed by atoms with van der Waals surface area (Å²) in [6, 6.07) is -0.695. The van der Waals surface area contributed by atoms with E-state index >= 15 is 0 Å². The maximum Gasteiger partial charge on any atom is 0.323 e. The number of carboxylic acid groups (broad SMARTS) is 1. The molecule has 0 spiro atoms. The molecule has 1 aliphatic heterocycles. The van der Waals surface area contributed by atoms with Crippen LogP contribution >= 0.6 is 0 Å². The second-order valence-electron chi connectivity index (χ2n) is 5.87. The molecule has 2 amide bonds. The summed E-state index contributed by atoms with van der Waals surface area (Å²) in [6.45, 7) is 2.98. The average Bonchev–Trinajstić information content (AvgIpc) is 2.88. The van der Waals surface area contributed by atoms with Gasteiger partial charge in [-0.15, -0.1) is 0 Å². The summed E-state index contributed by atoms with van der Waals surface area (Å²) in [6.07, 6.45) is 3.88. The van der Waals surface area contributed by atoms with Gasteiger partial charge in [-0.1, -0.05) is 12.8 Å². The molecule has 106 valence electrons. The third-order valence-electron chi connectivity index (χ3n) is 3.94. The summed E-state index contributed by atoms with van der Waals surface area (Å²) in [4.78, 5) is 36.6. The van der Waals surface area contributed by atoms with Gasteiger partial charge in [0.1, 0.15) is 5.54 Å². The molecule has 0 bridgehead atoms. The van der Waals surface area contributed by atoms with Gasteiger partial charge in [0.05, 0.1) is 12.5 Å². The number of hydrogen-bond donors (Lipinski definition) is 2. The Labute approximate surface area is 112 Å². The summed E-state index contributed by atoms with van der Waals surface area (Å²) >= 11 is 0. The molecule has 0 aromatic carbocycles. The van der Waals surface area contributed by atoms with Gasteiger partial charge in [-0.05, 0) is 26.7 Å². The van der Waals surface area contributed by atoms with Crippen molar-refractivity contribution in [2.75, 3.05) is 0 Å². The first-order valence-electron chi connectivity index (χ1n) is 6.70. The molecule has 1 heterocycles. The Balaban J connectivity index is 2.07. The Morgan fingerprint density at radius 1 is 1.32 bits per heavy atom. The molecule has 0 aromatic rings. The van der Waals surface area contributed by atoms with E-state index in [1.165, 1.54) is 18.7 Å². The van der Waals surface area contributed by atoms with E-state index in [-0.39, 0.29) is 24.3 Å². The summed E-state index contributed by atoms with van der Waals surface area (Å²) in [5.41, 5.74) is -1.22. The predicted octanol–water partition coefficient (Wildman–Crippen LogP) is 0.509. The third kappa shape index (κ3) is 2.63. The second-order valence-corrected chi connectivity index (χ2v) is 5.87. The highest BCUT2D eigenvalue weighted by Gasteiger charge is 2.45. The molecule has 19 heavy (non-hydrogen) atoms. The summed E-state index contributed by atoms with van der Waals surface area (Å²) < 4.78 is 0. The number of rotatable bonds is 4. The highest BCUT2D eigenvalue weighted by atomic mass is 16.4. The van der Waals surface area contributed by atoms with Crippen LogP contribution < -0.4 is 5.32 Å². The Bertz CT molecular complexity index is 413. The van der Waals surface area contributed by atoms with E-state index in [1.54, 1.807) is 0 Å². The molecule has 6 heteroatoms. The first kappa shape index (κ1) is 14.0. The summed E-state index contributed by atoms with van der Waals surface area (Å²) in [5.74, 6) is -1.49. The van der Waals surface area contributed by atoms with Crippen LogP contribution in [0.1, 0.15) is 46.0 Å². The zero-order chi connectivity index (χ0) is 14.2. The number of hydrogen-bond acceptors (Lipinski definition) is 4. The first-order valence-corrected chi connectivity index (χ1v) is 6.70. The van der Waals surface area contributed by atoms with Crippen molar-refractivity contribution in [3.05, 3.63) is 0 Å². The zero-order valence-corrected chi connectivity index (χ0v) is 11.3. The van der Waals surface area contributed by atoms with Gasteiger partial charge in [-0.3, -0.25) is 24.6 Å². The normalized spacial score (nSPS) is 25.4. The van der Waals surface area contributed by atoms with Crippen molar-refractivity contribution in [2.45, 2.75) is 63.6 Å². The fourth-order valence-corrected chi connectivity index (χ4v) is 2.81. The lowest BCUT2D eigenvalue weighted by atomic mass is 10.0. The highest BCUT2D eigenvalue weighted by molar-refractivity contribution is 6.06. The lowest BCUT2D eigenvalue weighted by molar-refractivity contribution is -0.144.